The number of benzene rings is 1. The fourth-order valence-electron chi connectivity index (χ4n) is 2.11. The van der Waals surface area contributed by atoms with Gasteiger partial charge in [0.1, 0.15) is 0 Å². The molecule has 0 unspecified atom stereocenters. The number of rotatable bonds is 3. The standard InChI is InChI=1S/C14H12BrClN4/c1-10-13(7-16)14(19-9-11(15)8-17-19)20(18-10)12-5-3-2-4-6-12/h2-6,8-9H,7H2,1H3. The van der Waals surface area contributed by atoms with E-state index in [1.54, 1.807) is 10.9 Å². The van der Waals surface area contributed by atoms with Gasteiger partial charge < -0.3 is 0 Å². The highest BCUT2D eigenvalue weighted by Gasteiger charge is 2.18. The largest absolute Gasteiger partial charge is 0.221 e. The molecular weight excluding hydrogens is 340 g/mol. The van der Waals surface area contributed by atoms with Gasteiger partial charge in [-0.25, -0.2) is 9.36 Å². The lowest BCUT2D eigenvalue weighted by molar-refractivity contribution is 0.758. The van der Waals surface area contributed by atoms with Crippen LogP contribution >= 0.6 is 27.5 Å². The fraction of sp³-hybridized carbons (Fsp3) is 0.143. The Balaban J connectivity index is 2.25. The zero-order valence-corrected chi connectivity index (χ0v) is 13.1. The summed E-state index contributed by atoms with van der Waals surface area (Å²) in [4.78, 5) is 0. The van der Waals surface area contributed by atoms with E-state index >= 15 is 0 Å². The van der Waals surface area contributed by atoms with Crippen molar-refractivity contribution in [3.05, 3.63) is 58.5 Å². The van der Waals surface area contributed by atoms with Gasteiger partial charge in [0.2, 0.25) is 0 Å². The van der Waals surface area contributed by atoms with Gasteiger partial charge >= 0.3 is 0 Å². The monoisotopic (exact) mass is 350 g/mol. The third-order valence-electron chi connectivity index (χ3n) is 3.06. The van der Waals surface area contributed by atoms with Crippen LogP contribution in [-0.2, 0) is 5.88 Å². The molecule has 0 radical (unpaired) electrons. The first-order chi connectivity index (χ1) is 9.70. The summed E-state index contributed by atoms with van der Waals surface area (Å²) in [5.41, 5.74) is 2.87. The van der Waals surface area contributed by atoms with Gasteiger partial charge in [-0.05, 0) is 35.0 Å². The Kier molecular flexibility index (Phi) is 3.63. The van der Waals surface area contributed by atoms with E-state index in [2.05, 4.69) is 26.1 Å². The lowest BCUT2D eigenvalue weighted by atomic mass is 10.2. The molecule has 0 aliphatic heterocycles. The van der Waals surface area contributed by atoms with Crippen LogP contribution in [-0.4, -0.2) is 19.6 Å². The molecule has 0 atom stereocenters. The lowest BCUT2D eigenvalue weighted by Gasteiger charge is -2.08. The summed E-state index contributed by atoms with van der Waals surface area (Å²) < 4.78 is 4.57. The minimum Gasteiger partial charge on any atom is -0.221 e. The normalized spacial score (nSPS) is 10.9. The van der Waals surface area contributed by atoms with Crippen LogP contribution in [0.1, 0.15) is 11.3 Å². The first-order valence-electron chi connectivity index (χ1n) is 6.11. The van der Waals surface area contributed by atoms with Crippen LogP contribution in [0.2, 0.25) is 0 Å². The fourth-order valence-corrected chi connectivity index (χ4v) is 2.70. The van der Waals surface area contributed by atoms with E-state index in [-0.39, 0.29) is 0 Å². The second-order valence-electron chi connectivity index (χ2n) is 4.37. The van der Waals surface area contributed by atoms with E-state index < -0.39 is 0 Å². The minimum absolute atomic E-state index is 0.394. The van der Waals surface area contributed by atoms with Crippen LogP contribution < -0.4 is 0 Å². The third-order valence-corrected chi connectivity index (χ3v) is 3.74. The van der Waals surface area contributed by atoms with Gasteiger partial charge in [0, 0.05) is 11.8 Å². The molecule has 4 nitrogen and oxygen atoms in total. The van der Waals surface area contributed by atoms with Crippen LogP contribution in [0.5, 0.6) is 0 Å². The quantitative estimate of drug-likeness (QED) is 0.672. The van der Waals surface area contributed by atoms with Gasteiger partial charge in [-0.2, -0.15) is 10.2 Å². The molecule has 20 heavy (non-hydrogen) atoms. The van der Waals surface area contributed by atoms with Crippen LogP contribution in [0, 0.1) is 6.92 Å². The number of hydrogen-bond donors (Lipinski definition) is 0. The summed E-state index contributed by atoms with van der Waals surface area (Å²) in [6, 6.07) is 9.95. The van der Waals surface area contributed by atoms with E-state index in [0.29, 0.717) is 5.88 Å². The number of para-hydroxylation sites is 1. The highest BCUT2D eigenvalue weighted by molar-refractivity contribution is 9.10. The van der Waals surface area contributed by atoms with Crippen molar-refractivity contribution in [3.63, 3.8) is 0 Å². The minimum atomic E-state index is 0.394. The van der Waals surface area contributed by atoms with Crippen LogP contribution in [0.4, 0.5) is 0 Å². The van der Waals surface area contributed by atoms with Crippen molar-refractivity contribution in [2.75, 3.05) is 0 Å². The van der Waals surface area contributed by atoms with Crippen LogP contribution in [0.15, 0.2) is 47.2 Å². The summed E-state index contributed by atoms with van der Waals surface area (Å²) in [5, 5.41) is 8.94. The highest BCUT2D eigenvalue weighted by atomic mass is 79.9. The number of halogens is 2. The topological polar surface area (TPSA) is 35.6 Å². The van der Waals surface area contributed by atoms with Crippen molar-refractivity contribution in [2.45, 2.75) is 12.8 Å². The molecule has 0 aliphatic rings. The number of alkyl halides is 1. The molecule has 2 heterocycles. The molecule has 6 heteroatoms. The predicted octanol–water partition coefficient (Wildman–Crippen LogP) is 3.87. The molecule has 1 aromatic carbocycles. The van der Waals surface area contributed by atoms with E-state index in [0.717, 1.165) is 27.2 Å². The zero-order chi connectivity index (χ0) is 14.1. The second-order valence-corrected chi connectivity index (χ2v) is 5.55. The highest BCUT2D eigenvalue weighted by Crippen LogP contribution is 2.24. The summed E-state index contributed by atoms with van der Waals surface area (Å²) >= 11 is 9.51. The summed E-state index contributed by atoms with van der Waals surface area (Å²) in [7, 11) is 0. The predicted molar refractivity (Wildman–Crippen MR) is 82.7 cm³/mol. The first kappa shape index (κ1) is 13.4. The van der Waals surface area contributed by atoms with Crippen molar-refractivity contribution >= 4 is 27.5 Å². The maximum Gasteiger partial charge on any atom is 0.161 e. The van der Waals surface area contributed by atoms with Gasteiger partial charge in [0.05, 0.1) is 27.9 Å². The lowest BCUT2D eigenvalue weighted by Crippen LogP contribution is -2.07. The number of hydrogen-bond acceptors (Lipinski definition) is 2. The first-order valence-corrected chi connectivity index (χ1v) is 7.44. The zero-order valence-electron chi connectivity index (χ0n) is 10.8. The Morgan fingerprint density at radius 2 is 2.00 bits per heavy atom. The Morgan fingerprint density at radius 1 is 1.25 bits per heavy atom. The van der Waals surface area contributed by atoms with Crippen molar-refractivity contribution in [3.8, 4) is 11.5 Å². The van der Waals surface area contributed by atoms with Gasteiger partial charge in [0.25, 0.3) is 0 Å². The van der Waals surface area contributed by atoms with Crippen LogP contribution in [0.25, 0.3) is 11.5 Å². The van der Waals surface area contributed by atoms with E-state index in [9.17, 15) is 0 Å². The average Bonchev–Trinajstić information content (AvgIpc) is 3.03. The molecule has 0 saturated heterocycles. The van der Waals surface area contributed by atoms with E-state index in [1.165, 1.54) is 0 Å². The molecule has 0 saturated carbocycles. The molecule has 0 fully saturated rings. The number of aryl methyl sites for hydroxylation is 1. The van der Waals surface area contributed by atoms with Gasteiger partial charge in [-0.1, -0.05) is 18.2 Å². The van der Waals surface area contributed by atoms with Crippen molar-refractivity contribution in [2.24, 2.45) is 0 Å². The van der Waals surface area contributed by atoms with Crippen molar-refractivity contribution < 1.29 is 0 Å². The maximum atomic E-state index is 6.09. The van der Waals surface area contributed by atoms with Crippen molar-refractivity contribution in [1.82, 2.24) is 19.6 Å². The SMILES string of the molecule is Cc1nn(-c2ccccc2)c(-n2cc(Br)cn2)c1CCl. The average molecular weight is 352 g/mol. The van der Waals surface area contributed by atoms with Gasteiger partial charge in [-0.15, -0.1) is 11.6 Å². The second kappa shape index (κ2) is 5.42. The molecular formula is C14H12BrClN4. The number of aromatic nitrogens is 4. The van der Waals surface area contributed by atoms with E-state index in [4.69, 9.17) is 11.6 Å². The molecule has 0 aliphatic carbocycles. The molecule has 0 bridgehead atoms. The Morgan fingerprint density at radius 3 is 2.60 bits per heavy atom. The number of nitrogens with zero attached hydrogens (tertiary/aromatic N) is 4. The Hall–Kier alpha value is -1.59. The van der Waals surface area contributed by atoms with E-state index in [1.807, 2.05) is 48.1 Å². The van der Waals surface area contributed by atoms with Gasteiger partial charge in [-0.3, -0.25) is 0 Å². The maximum absolute atomic E-state index is 6.09. The van der Waals surface area contributed by atoms with Crippen LogP contribution in [0.3, 0.4) is 0 Å². The molecule has 0 spiro atoms. The Bertz CT molecular complexity index is 733. The molecule has 0 amide bonds. The van der Waals surface area contributed by atoms with Gasteiger partial charge in [0.15, 0.2) is 5.82 Å². The molecule has 0 N–H and O–H groups in total. The summed E-state index contributed by atoms with van der Waals surface area (Å²) in [5.74, 6) is 1.26. The third kappa shape index (κ3) is 2.27. The van der Waals surface area contributed by atoms with Crippen molar-refractivity contribution in [1.29, 1.82) is 0 Å². The smallest absolute Gasteiger partial charge is 0.161 e. The molecule has 3 aromatic rings. The Labute approximate surface area is 130 Å². The summed E-state index contributed by atoms with van der Waals surface area (Å²) in [6.45, 7) is 1.96. The molecule has 2 aromatic heterocycles. The molecule has 102 valence electrons. The summed E-state index contributed by atoms with van der Waals surface area (Å²) in [6.07, 6.45) is 3.64. The molecule has 3 rings (SSSR count).